The number of carbonyl (C=O) groups is 1. The number of benzene rings is 2. The predicted molar refractivity (Wildman–Crippen MR) is 105 cm³/mol. The van der Waals surface area contributed by atoms with Crippen LogP contribution in [0.3, 0.4) is 0 Å². The van der Waals surface area contributed by atoms with Crippen LogP contribution < -0.4 is 15.3 Å². The SMILES string of the molecule is CCOc1cc([N+](=O)[O-])cc(/C=N\NC(=O)c2c(-c3ccccc3)noc2C)c1[O-]. The molecule has 0 aliphatic heterocycles. The summed E-state index contributed by atoms with van der Waals surface area (Å²) >= 11 is 0. The number of carbonyl (C=O) groups excluding carboxylic acids is 1. The molecular formula is C20H17N4O6-. The summed E-state index contributed by atoms with van der Waals surface area (Å²) in [6, 6.07) is 11.1. The van der Waals surface area contributed by atoms with Crippen LogP contribution >= 0.6 is 0 Å². The van der Waals surface area contributed by atoms with E-state index in [4.69, 9.17) is 9.26 Å². The smallest absolute Gasteiger partial charge is 0.277 e. The van der Waals surface area contributed by atoms with Gasteiger partial charge in [0.25, 0.3) is 11.6 Å². The highest BCUT2D eigenvalue weighted by atomic mass is 16.6. The Morgan fingerprint density at radius 3 is 2.73 bits per heavy atom. The minimum Gasteiger partial charge on any atom is -0.870 e. The molecule has 0 spiro atoms. The highest BCUT2D eigenvalue weighted by molar-refractivity contribution is 6.01. The Kier molecular flexibility index (Phi) is 6.06. The molecule has 1 N–H and O–H groups in total. The van der Waals surface area contributed by atoms with E-state index in [0.717, 1.165) is 18.3 Å². The molecule has 2 aromatic carbocycles. The van der Waals surface area contributed by atoms with Crippen LogP contribution in [-0.2, 0) is 0 Å². The molecular weight excluding hydrogens is 392 g/mol. The lowest BCUT2D eigenvalue weighted by Gasteiger charge is -2.16. The molecule has 154 valence electrons. The molecule has 1 amide bonds. The van der Waals surface area contributed by atoms with Crippen molar-refractivity contribution in [1.29, 1.82) is 0 Å². The fourth-order valence-electron chi connectivity index (χ4n) is 2.72. The maximum absolute atomic E-state index is 12.6. The summed E-state index contributed by atoms with van der Waals surface area (Å²) in [6.07, 6.45) is 1.03. The number of hydrogen-bond donors (Lipinski definition) is 1. The fourth-order valence-corrected chi connectivity index (χ4v) is 2.72. The van der Waals surface area contributed by atoms with Crippen LogP contribution in [0, 0.1) is 17.0 Å². The number of rotatable bonds is 7. The lowest BCUT2D eigenvalue weighted by molar-refractivity contribution is -0.385. The van der Waals surface area contributed by atoms with E-state index in [2.05, 4.69) is 15.7 Å². The molecule has 0 saturated carbocycles. The third-order valence-electron chi connectivity index (χ3n) is 4.09. The van der Waals surface area contributed by atoms with Crippen molar-refractivity contribution in [2.75, 3.05) is 6.61 Å². The normalized spacial score (nSPS) is 10.9. The quantitative estimate of drug-likeness (QED) is 0.359. The number of nitro groups is 1. The molecule has 0 bridgehead atoms. The van der Waals surface area contributed by atoms with Gasteiger partial charge in [0.05, 0.1) is 23.8 Å². The number of amides is 1. The summed E-state index contributed by atoms with van der Waals surface area (Å²) in [4.78, 5) is 23.0. The zero-order valence-corrected chi connectivity index (χ0v) is 16.1. The summed E-state index contributed by atoms with van der Waals surface area (Å²) in [7, 11) is 0. The van der Waals surface area contributed by atoms with Gasteiger partial charge in [-0.2, -0.15) is 5.10 Å². The van der Waals surface area contributed by atoms with Gasteiger partial charge in [0.1, 0.15) is 22.8 Å². The summed E-state index contributed by atoms with van der Waals surface area (Å²) in [5.74, 6) is -1.06. The molecule has 0 saturated heterocycles. The minimum atomic E-state index is -0.648. The Bertz CT molecular complexity index is 1110. The fraction of sp³-hybridized carbons (Fsp3) is 0.150. The Labute approximate surface area is 170 Å². The first-order chi connectivity index (χ1) is 14.4. The van der Waals surface area contributed by atoms with Gasteiger partial charge >= 0.3 is 0 Å². The molecule has 0 aliphatic carbocycles. The number of non-ortho nitro benzene ring substituents is 1. The molecule has 0 aliphatic rings. The molecule has 10 nitrogen and oxygen atoms in total. The second kappa shape index (κ2) is 8.86. The first kappa shape index (κ1) is 20.5. The van der Waals surface area contributed by atoms with Gasteiger partial charge in [0, 0.05) is 11.6 Å². The van der Waals surface area contributed by atoms with Gasteiger partial charge < -0.3 is 14.4 Å². The molecule has 1 heterocycles. The molecule has 0 radical (unpaired) electrons. The number of aromatic nitrogens is 1. The number of ether oxygens (including phenoxy) is 1. The average molecular weight is 409 g/mol. The number of hydrogen-bond acceptors (Lipinski definition) is 8. The summed E-state index contributed by atoms with van der Waals surface area (Å²) in [5.41, 5.74) is 3.09. The Morgan fingerprint density at radius 1 is 1.33 bits per heavy atom. The lowest BCUT2D eigenvalue weighted by atomic mass is 10.1. The molecule has 3 rings (SSSR count). The Morgan fingerprint density at radius 2 is 2.07 bits per heavy atom. The molecule has 0 fully saturated rings. The number of nitrogens with one attached hydrogen (secondary N) is 1. The minimum absolute atomic E-state index is 0.0988. The van der Waals surface area contributed by atoms with Crippen molar-refractivity contribution in [3.63, 3.8) is 0 Å². The van der Waals surface area contributed by atoms with E-state index in [0.29, 0.717) is 17.0 Å². The van der Waals surface area contributed by atoms with Crippen LogP contribution in [0.1, 0.15) is 28.6 Å². The zero-order valence-electron chi connectivity index (χ0n) is 16.1. The third kappa shape index (κ3) is 4.27. The van der Waals surface area contributed by atoms with Gasteiger partial charge in [-0.1, -0.05) is 41.2 Å². The van der Waals surface area contributed by atoms with Crippen molar-refractivity contribution in [3.05, 3.63) is 69.5 Å². The molecule has 3 aromatic rings. The number of nitrogens with zero attached hydrogens (tertiary/aromatic N) is 3. The molecule has 1 aromatic heterocycles. The Balaban J connectivity index is 1.86. The summed E-state index contributed by atoms with van der Waals surface area (Å²) in [5, 5.41) is 31.1. The summed E-state index contributed by atoms with van der Waals surface area (Å²) in [6.45, 7) is 3.40. The van der Waals surface area contributed by atoms with E-state index in [1.807, 2.05) is 6.07 Å². The second-order valence-electron chi connectivity index (χ2n) is 6.08. The Hall–Kier alpha value is -4.21. The van der Waals surface area contributed by atoms with Gasteiger partial charge in [-0.15, -0.1) is 0 Å². The zero-order chi connectivity index (χ0) is 21.7. The molecule has 0 unspecified atom stereocenters. The highest BCUT2D eigenvalue weighted by Crippen LogP contribution is 2.31. The van der Waals surface area contributed by atoms with Crippen molar-refractivity contribution in [3.8, 4) is 22.8 Å². The maximum atomic E-state index is 12.6. The third-order valence-corrected chi connectivity index (χ3v) is 4.09. The first-order valence-electron chi connectivity index (χ1n) is 8.89. The van der Waals surface area contributed by atoms with E-state index < -0.39 is 16.6 Å². The lowest BCUT2D eigenvalue weighted by Crippen LogP contribution is -2.19. The van der Waals surface area contributed by atoms with Crippen molar-refractivity contribution < 1.29 is 24.1 Å². The first-order valence-corrected chi connectivity index (χ1v) is 8.89. The van der Waals surface area contributed by atoms with Gasteiger partial charge in [-0.05, 0) is 19.4 Å². The van der Waals surface area contributed by atoms with E-state index in [1.54, 1.807) is 38.1 Å². The van der Waals surface area contributed by atoms with Gasteiger partial charge in [0.15, 0.2) is 0 Å². The van der Waals surface area contributed by atoms with Crippen molar-refractivity contribution >= 4 is 17.8 Å². The van der Waals surface area contributed by atoms with Crippen molar-refractivity contribution in [1.82, 2.24) is 10.6 Å². The van der Waals surface area contributed by atoms with Crippen LogP contribution in [0.2, 0.25) is 0 Å². The van der Waals surface area contributed by atoms with Crippen molar-refractivity contribution in [2.45, 2.75) is 13.8 Å². The van der Waals surface area contributed by atoms with Gasteiger partial charge in [-0.3, -0.25) is 14.9 Å². The standard InChI is InChI=1S/C20H18N4O6/c1-3-29-16-10-15(24(27)28)9-14(19(16)25)11-21-22-20(26)17-12(2)30-23-18(17)13-7-5-4-6-8-13/h4-11,25H,3H2,1-2H3,(H,22,26)/p-1/b21-11-. The second-order valence-corrected chi connectivity index (χ2v) is 6.08. The number of aryl methyl sites for hydroxylation is 1. The van der Waals surface area contributed by atoms with Crippen LogP contribution in [0.4, 0.5) is 5.69 Å². The molecule has 0 atom stereocenters. The predicted octanol–water partition coefficient (Wildman–Crippen LogP) is 2.79. The maximum Gasteiger partial charge on any atom is 0.277 e. The van der Waals surface area contributed by atoms with Crippen LogP contribution in [-0.4, -0.2) is 28.8 Å². The number of nitro benzene ring substituents is 1. The van der Waals surface area contributed by atoms with Gasteiger partial charge in [0.2, 0.25) is 0 Å². The van der Waals surface area contributed by atoms with Crippen molar-refractivity contribution in [2.24, 2.45) is 5.10 Å². The molecule has 10 heteroatoms. The van der Waals surface area contributed by atoms with E-state index in [1.165, 1.54) is 0 Å². The van der Waals surface area contributed by atoms with Crippen LogP contribution in [0.25, 0.3) is 11.3 Å². The van der Waals surface area contributed by atoms with Gasteiger partial charge in [-0.25, -0.2) is 5.43 Å². The van der Waals surface area contributed by atoms with E-state index >= 15 is 0 Å². The van der Waals surface area contributed by atoms with E-state index in [-0.39, 0.29) is 29.2 Å². The molecule has 30 heavy (non-hydrogen) atoms. The van der Waals surface area contributed by atoms with E-state index in [9.17, 15) is 20.0 Å². The largest absolute Gasteiger partial charge is 0.870 e. The number of hydrazone groups is 1. The average Bonchev–Trinajstić information content (AvgIpc) is 3.12. The highest BCUT2D eigenvalue weighted by Gasteiger charge is 2.21. The van der Waals surface area contributed by atoms with Crippen LogP contribution in [0.5, 0.6) is 11.5 Å². The monoisotopic (exact) mass is 409 g/mol. The topological polar surface area (TPSA) is 143 Å². The van der Waals surface area contributed by atoms with Crippen LogP contribution in [0.15, 0.2) is 52.1 Å². The summed E-state index contributed by atoms with van der Waals surface area (Å²) < 4.78 is 10.3.